The van der Waals surface area contributed by atoms with Gasteiger partial charge >= 0.3 is 0 Å². The molecule has 0 amide bonds. The highest BCUT2D eigenvalue weighted by molar-refractivity contribution is 5.85. The van der Waals surface area contributed by atoms with Crippen molar-refractivity contribution in [2.45, 2.75) is 46.5 Å². The van der Waals surface area contributed by atoms with Crippen molar-refractivity contribution in [2.75, 3.05) is 13.1 Å². The van der Waals surface area contributed by atoms with Gasteiger partial charge in [-0.15, -0.1) is 0 Å². The van der Waals surface area contributed by atoms with Crippen molar-refractivity contribution in [1.82, 2.24) is 5.32 Å². The molecule has 82 valence electrons. The fourth-order valence-corrected chi connectivity index (χ4v) is 2.14. The molecule has 0 bridgehead atoms. The van der Waals surface area contributed by atoms with Crippen LogP contribution < -0.4 is 5.32 Å². The van der Waals surface area contributed by atoms with Gasteiger partial charge in [-0.3, -0.25) is 4.79 Å². The zero-order valence-corrected chi connectivity index (χ0v) is 9.73. The second kappa shape index (κ2) is 4.92. The van der Waals surface area contributed by atoms with E-state index in [1.165, 1.54) is 0 Å². The highest BCUT2D eigenvalue weighted by atomic mass is 16.1. The number of carbonyl (C=O) groups is 1. The van der Waals surface area contributed by atoms with Gasteiger partial charge in [0.05, 0.1) is 0 Å². The number of hydrogen-bond acceptors (Lipinski definition) is 2. The first kappa shape index (κ1) is 11.7. The second-order valence-electron chi connectivity index (χ2n) is 4.80. The molecule has 1 N–H and O–H groups in total. The highest BCUT2D eigenvalue weighted by Gasteiger charge is 2.36. The van der Waals surface area contributed by atoms with E-state index in [4.69, 9.17) is 0 Å². The molecule has 0 aromatic carbocycles. The molecule has 0 saturated carbocycles. The van der Waals surface area contributed by atoms with Crippen molar-refractivity contribution in [3.63, 3.8) is 0 Å². The maximum atomic E-state index is 12.1. The maximum absolute atomic E-state index is 12.1. The molecule has 0 aromatic heterocycles. The number of rotatable bonds is 5. The third-order valence-electron chi connectivity index (χ3n) is 3.67. The normalized spacial score (nSPS) is 27.1. The van der Waals surface area contributed by atoms with E-state index in [-0.39, 0.29) is 5.41 Å². The summed E-state index contributed by atoms with van der Waals surface area (Å²) in [6.07, 6.45) is 4.06. The van der Waals surface area contributed by atoms with Gasteiger partial charge in [0.25, 0.3) is 0 Å². The van der Waals surface area contributed by atoms with E-state index in [9.17, 15) is 4.79 Å². The Hall–Kier alpha value is -0.370. The van der Waals surface area contributed by atoms with E-state index in [1.807, 2.05) is 0 Å². The highest BCUT2D eigenvalue weighted by Crippen LogP contribution is 2.29. The van der Waals surface area contributed by atoms with Crippen LogP contribution in [0.25, 0.3) is 0 Å². The lowest BCUT2D eigenvalue weighted by molar-refractivity contribution is -0.128. The summed E-state index contributed by atoms with van der Waals surface area (Å²) >= 11 is 0. The molecule has 1 heterocycles. The zero-order valence-electron chi connectivity index (χ0n) is 9.73. The molecule has 1 saturated heterocycles. The molecule has 1 aliphatic rings. The molecule has 0 radical (unpaired) electrons. The lowest BCUT2D eigenvalue weighted by Crippen LogP contribution is -2.31. The first-order chi connectivity index (χ1) is 6.62. The van der Waals surface area contributed by atoms with Crippen LogP contribution in [0.3, 0.4) is 0 Å². The molecule has 1 aliphatic heterocycles. The largest absolute Gasteiger partial charge is 0.316 e. The second-order valence-corrected chi connectivity index (χ2v) is 4.80. The van der Waals surface area contributed by atoms with Crippen molar-refractivity contribution < 1.29 is 4.79 Å². The first-order valence-corrected chi connectivity index (χ1v) is 5.86. The minimum absolute atomic E-state index is 0.0669. The third kappa shape index (κ3) is 2.57. The molecule has 1 atom stereocenters. The molecule has 2 nitrogen and oxygen atoms in total. The Kier molecular flexibility index (Phi) is 4.11. The SMILES string of the molecule is CCC(CC)CC(=O)C1(C)CCNC1. The van der Waals surface area contributed by atoms with Crippen LogP contribution in [0.5, 0.6) is 0 Å². The standard InChI is InChI=1S/C12H23NO/c1-4-10(5-2)8-11(14)12(3)6-7-13-9-12/h10,13H,4-9H2,1-3H3. The molecule has 1 unspecified atom stereocenters. The fourth-order valence-electron chi connectivity index (χ4n) is 2.14. The van der Waals surface area contributed by atoms with E-state index in [0.29, 0.717) is 11.7 Å². The van der Waals surface area contributed by atoms with Gasteiger partial charge < -0.3 is 5.32 Å². The van der Waals surface area contributed by atoms with Gasteiger partial charge in [-0.2, -0.15) is 0 Å². The molecular weight excluding hydrogens is 174 g/mol. The average molecular weight is 197 g/mol. The van der Waals surface area contributed by atoms with Gasteiger partial charge in [0, 0.05) is 18.4 Å². The smallest absolute Gasteiger partial charge is 0.140 e. The number of ketones is 1. The lowest BCUT2D eigenvalue weighted by atomic mass is 9.80. The molecule has 0 aliphatic carbocycles. The van der Waals surface area contributed by atoms with E-state index in [2.05, 4.69) is 26.1 Å². The fraction of sp³-hybridized carbons (Fsp3) is 0.917. The van der Waals surface area contributed by atoms with Gasteiger partial charge in [0.15, 0.2) is 0 Å². The Labute approximate surface area is 87.5 Å². The van der Waals surface area contributed by atoms with E-state index in [1.54, 1.807) is 0 Å². The molecule has 0 spiro atoms. The first-order valence-electron chi connectivity index (χ1n) is 5.86. The van der Waals surface area contributed by atoms with Gasteiger partial charge in [-0.05, 0) is 18.9 Å². The number of nitrogens with one attached hydrogen (secondary N) is 1. The molecule has 14 heavy (non-hydrogen) atoms. The Morgan fingerprint density at radius 2 is 2.07 bits per heavy atom. The van der Waals surface area contributed by atoms with Crippen molar-refractivity contribution in [3.05, 3.63) is 0 Å². The summed E-state index contributed by atoms with van der Waals surface area (Å²) in [5.74, 6) is 1.07. The van der Waals surface area contributed by atoms with Crippen LogP contribution in [0, 0.1) is 11.3 Å². The molecule has 0 aromatic rings. The summed E-state index contributed by atoms with van der Waals surface area (Å²) in [6.45, 7) is 8.35. The summed E-state index contributed by atoms with van der Waals surface area (Å²) in [5.41, 5.74) is -0.0669. The molecular formula is C12H23NO. The molecule has 1 rings (SSSR count). The summed E-state index contributed by atoms with van der Waals surface area (Å²) in [5, 5.41) is 3.28. The molecule has 1 fully saturated rings. The van der Waals surface area contributed by atoms with Crippen LogP contribution >= 0.6 is 0 Å². The monoisotopic (exact) mass is 197 g/mol. The van der Waals surface area contributed by atoms with E-state index in [0.717, 1.165) is 38.8 Å². The minimum atomic E-state index is -0.0669. The van der Waals surface area contributed by atoms with Crippen LogP contribution in [-0.4, -0.2) is 18.9 Å². The Balaban J connectivity index is 2.48. The van der Waals surface area contributed by atoms with Crippen LogP contribution in [0.4, 0.5) is 0 Å². The third-order valence-corrected chi connectivity index (χ3v) is 3.67. The van der Waals surface area contributed by atoms with Crippen LogP contribution in [0.1, 0.15) is 46.5 Å². The van der Waals surface area contributed by atoms with E-state index >= 15 is 0 Å². The van der Waals surface area contributed by atoms with Gasteiger partial charge in [0.2, 0.25) is 0 Å². The van der Waals surface area contributed by atoms with Gasteiger partial charge in [0.1, 0.15) is 5.78 Å². The molecule has 2 heteroatoms. The Morgan fingerprint density at radius 3 is 2.50 bits per heavy atom. The predicted molar refractivity (Wildman–Crippen MR) is 59.3 cm³/mol. The Morgan fingerprint density at radius 1 is 1.43 bits per heavy atom. The van der Waals surface area contributed by atoms with Gasteiger partial charge in [-0.25, -0.2) is 0 Å². The van der Waals surface area contributed by atoms with Crippen LogP contribution in [0.15, 0.2) is 0 Å². The summed E-state index contributed by atoms with van der Waals surface area (Å²) in [4.78, 5) is 12.1. The van der Waals surface area contributed by atoms with Gasteiger partial charge in [-0.1, -0.05) is 33.6 Å². The van der Waals surface area contributed by atoms with Crippen molar-refractivity contribution in [2.24, 2.45) is 11.3 Å². The van der Waals surface area contributed by atoms with Crippen molar-refractivity contribution >= 4 is 5.78 Å². The number of hydrogen-bond donors (Lipinski definition) is 1. The van der Waals surface area contributed by atoms with Crippen LogP contribution in [-0.2, 0) is 4.79 Å². The van der Waals surface area contributed by atoms with Crippen LogP contribution in [0.2, 0.25) is 0 Å². The van der Waals surface area contributed by atoms with E-state index < -0.39 is 0 Å². The predicted octanol–water partition coefficient (Wildman–Crippen LogP) is 2.38. The quantitative estimate of drug-likeness (QED) is 0.733. The topological polar surface area (TPSA) is 29.1 Å². The average Bonchev–Trinajstić information content (AvgIpc) is 2.62. The summed E-state index contributed by atoms with van der Waals surface area (Å²) < 4.78 is 0. The van der Waals surface area contributed by atoms with Crippen molar-refractivity contribution in [3.8, 4) is 0 Å². The number of Topliss-reactive ketones (excluding diaryl/α,β-unsaturated/α-hetero) is 1. The lowest BCUT2D eigenvalue weighted by Gasteiger charge is -2.23. The number of carbonyl (C=O) groups excluding carboxylic acids is 1. The van der Waals surface area contributed by atoms with Crippen molar-refractivity contribution in [1.29, 1.82) is 0 Å². The maximum Gasteiger partial charge on any atom is 0.140 e. The minimum Gasteiger partial charge on any atom is -0.316 e. The summed E-state index contributed by atoms with van der Waals surface area (Å²) in [6, 6.07) is 0. The summed E-state index contributed by atoms with van der Waals surface area (Å²) in [7, 11) is 0. The zero-order chi connectivity index (χ0) is 10.6. The Bertz CT molecular complexity index is 190.